The number of halogens is 1. The molecule has 1 aromatic rings. The van der Waals surface area contributed by atoms with Gasteiger partial charge in [-0.15, -0.1) is 0 Å². The van der Waals surface area contributed by atoms with Crippen LogP contribution >= 0.6 is 11.6 Å². The molecule has 0 radical (unpaired) electrons. The number of esters is 1. The summed E-state index contributed by atoms with van der Waals surface area (Å²) in [5, 5.41) is 0.428. The Labute approximate surface area is 146 Å². The van der Waals surface area contributed by atoms with Gasteiger partial charge in [0.2, 0.25) is 5.91 Å². The lowest BCUT2D eigenvalue weighted by Gasteiger charge is -2.22. The molecule has 1 fully saturated rings. The van der Waals surface area contributed by atoms with E-state index in [1.807, 2.05) is 0 Å². The minimum absolute atomic E-state index is 0.0775. The second-order valence-corrected chi connectivity index (χ2v) is 5.99. The molecule has 1 aromatic carbocycles. The summed E-state index contributed by atoms with van der Waals surface area (Å²) in [5.41, 5.74) is 0.477. The number of hydrogen-bond acceptors (Lipinski definition) is 4. The summed E-state index contributed by atoms with van der Waals surface area (Å²) < 4.78 is 4.55. The Bertz CT molecular complexity index is 620. The number of benzene rings is 1. The van der Waals surface area contributed by atoms with Crippen LogP contribution in [0.3, 0.4) is 0 Å². The minimum Gasteiger partial charge on any atom is -0.469 e. The third-order valence-electron chi connectivity index (χ3n) is 4.01. The molecule has 2 rings (SSSR count). The first kappa shape index (κ1) is 18.3. The van der Waals surface area contributed by atoms with Gasteiger partial charge in [-0.25, -0.2) is 0 Å². The van der Waals surface area contributed by atoms with Gasteiger partial charge in [0, 0.05) is 32.6 Å². The Morgan fingerprint density at radius 2 is 1.71 bits per heavy atom. The summed E-state index contributed by atoms with van der Waals surface area (Å²) in [6.07, 6.45) is 0.902. The molecule has 0 aromatic heterocycles. The van der Waals surface area contributed by atoms with E-state index < -0.39 is 5.97 Å². The molecule has 1 aliphatic heterocycles. The lowest BCUT2D eigenvalue weighted by Crippen LogP contribution is -2.37. The molecule has 1 heterocycles. The number of nitrogens with zero attached hydrogens (tertiary/aromatic N) is 2. The number of carbonyl (C=O) groups is 3. The lowest BCUT2D eigenvalue weighted by molar-refractivity contribution is -0.143. The van der Waals surface area contributed by atoms with Gasteiger partial charge in [0.05, 0.1) is 24.1 Å². The molecular weight excluding hydrogens is 332 g/mol. The molecule has 1 saturated heterocycles. The average molecular weight is 353 g/mol. The minimum atomic E-state index is -0.395. The fraction of sp³-hybridized carbons (Fsp3) is 0.471. The average Bonchev–Trinajstić information content (AvgIpc) is 2.85. The van der Waals surface area contributed by atoms with Crippen molar-refractivity contribution in [2.75, 3.05) is 33.3 Å². The number of rotatable bonds is 4. The van der Waals surface area contributed by atoms with Gasteiger partial charge in [0.25, 0.3) is 5.91 Å². The van der Waals surface area contributed by atoms with Crippen LogP contribution in [0.15, 0.2) is 24.3 Å². The molecule has 0 atom stereocenters. The van der Waals surface area contributed by atoms with Crippen molar-refractivity contribution in [2.45, 2.75) is 19.3 Å². The number of methoxy groups -OCH3 is 1. The van der Waals surface area contributed by atoms with Gasteiger partial charge >= 0.3 is 5.97 Å². The topological polar surface area (TPSA) is 66.9 Å². The summed E-state index contributed by atoms with van der Waals surface area (Å²) >= 11 is 6.09. The first-order valence-corrected chi connectivity index (χ1v) is 8.29. The Hall–Kier alpha value is -2.08. The highest BCUT2D eigenvalue weighted by molar-refractivity contribution is 6.33. The van der Waals surface area contributed by atoms with Crippen molar-refractivity contribution < 1.29 is 19.1 Å². The Morgan fingerprint density at radius 3 is 2.42 bits per heavy atom. The van der Waals surface area contributed by atoms with E-state index in [2.05, 4.69) is 4.74 Å². The summed E-state index contributed by atoms with van der Waals surface area (Å²) in [6.45, 7) is 2.06. The van der Waals surface area contributed by atoms with E-state index >= 15 is 0 Å². The van der Waals surface area contributed by atoms with E-state index in [0.717, 1.165) is 0 Å². The highest BCUT2D eigenvalue weighted by Crippen LogP contribution is 2.18. The number of amides is 2. The van der Waals surface area contributed by atoms with Crippen molar-refractivity contribution in [3.63, 3.8) is 0 Å². The predicted molar refractivity (Wildman–Crippen MR) is 89.8 cm³/mol. The first-order valence-electron chi connectivity index (χ1n) is 7.91. The zero-order valence-corrected chi connectivity index (χ0v) is 14.4. The van der Waals surface area contributed by atoms with Gasteiger partial charge in [-0.2, -0.15) is 0 Å². The zero-order chi connectivity index (χ0) is 17.5. The maximum Gasteiger partial charge on any atom is 0.306 e. The van der Waals surface area contributed by atoms with Gasteiger partial charge in [-0.3, -0.25) is 14.4 Å². The molecule has 7 heteroatoms. The molecular formula is C17H21ClN2O4. The van der Waals surface area contributed by atoms with Gasteiger partial charge in [0.1, 0.15) is 0 Å². The van der Waals surface area contributed by atoms with Gasteiger partial charge in [-0.1, -0.05) is 23.7 Å². The van der Waals surface area contributed by atoms with Crippen LogP contribution in [0.1, 0.15) is 29.6 Å². The van der Waals surface area contributed by atoms with Crippen LogP contribution < -0.4 is 0 Å². The number of ether oxygens (including phenoxy) is 1. The molecule has 0 unspecified atom stereocenters. The molecule has 24 heavy (non-hydrogen) atoms. The molecule has 0 N–H and O–H groups in total. The first-order chi connectivity index (χ1) is 11.5. The third-order valence-corrected chi connectivity index (χ3v) is 4.34. The van der Waals surface area contributed by atoms with E-state index in [9.17, 15) is 14.4 Å². The molecule has 6 nitrogen and oxygen atoms in total. The zero-order valence-electron chi connectivity index (χ0n) is 13.7. The number of hydrogen-bond donors (Lipinski definition) is 0. The smallest absolute Gasteiger partial charge is 0.306 e. The van der Waals surface area contributed by atoms with E-state index in [4.69, 9.17) is 11.6 Å². The van der Waals surface area contributed by atoms with Crippen LogP contribution in [0.2, 0.25) is 5.02 Å². The normalized spacial score (nSPS) is 14.9. The third kappa shape index (κ3) is 4.71. The van der Waals surface area contributed by atoms with Gasteiger partial charge < -0.3 is 14.5 Å². The Morgan fingerprint density at radius 1 is 1.04 bits per heavy atom. The van der Waals surface area contributed by atoms with Crippen molar-refractivity contribution in [3.8, 4) is 0 Å². The van der Waals surface area contributed by atoms with E-state index in [1.54, 1.807) is 34.1 Å². The predicted octanol–water partition coefficient (Wildman–Crippen LogP) is 1.97. The quantitative estimate of drug-likeness (QED) is 0.777. The van der Waals surface area contributed by atoms with Gasteiger partial charge in [0.15, 0.2) is 0 Å². The van der Waals surface area contributed by atoms with Crippen molar-refractivity contribution >= 4 is 29.4 Å². The molecule has 0 bridgehead atoms. The summed E-state index contributed by atoms with van der Waals surface area (Å²) in [7, 11) is 1.30. The van der Waals surface area contributed by atoms with Crippen molar-refractivity contribution in [1.29, 1.82) is 0 Å². The maximum absolute atomic E-state index is 12.6. The van der Waals surface area contributed by atoms with E-state index in [0.29, 0.717) is 43.2 Å². The van der Waals surface area contributed by atoms with Crippen molar-refractivity contribution in [3.05, 3.63) is 34.9 Å². The maximum atomic E-state index is 12.6. The highest BCUT2D eigenvalue weighted by atomic mass is 35.5. The van der Waals surface area contributed by atoms with Crippen molar-refractivity contribution in [1.82, 2.24) is 9.80 Å². The lowest BCUT2D eigenvalue weighted by atomic mass is 10.2. The van der Waals surface area contributed by atoms with E-state index in [-0.39, 0.29) is 24.7 Å². The van der Waals surface area contributed by atoms with Crippen LogP contribution in [0, 0.1) is 0 Å². The number of carbonyl (C=O) groups excluding carboxylic acids is 3. The molecule has 2 amide bonds. The van der Waals surface area contributed by atoms with Crippen molar-refractivity contribution in [2.24, 2.45) is 0 Å². The SMILES string of the molecule is COC(=O)CCC(=O)N1CCCN(C(=O)c2ccccc2Cl)CC1. The van der Waals surface area contributed by atoms with Crippen LogP contribution in [0.25, 0.3) is 0 Å². The molecule has 0 spiro atoms. The molecule has 130 valence electrons. The van der Waals surface area contributed by atoms with Gasteiger partial charge in [-0.05, 0) is 18.6 Å². The Balaban J connectivity index is 1.93. The monoisotopic (exact) mass is 352 g/mol. The second kappa shape index (κ2) is 8.68. The molecule has 0 aliphatic carbocycles. The fourth-order valence-corrected chi connectivity index (χ4v) is 2.86. The van der Waals surface area contributed by atoms with E-state index in [1.165, 1.54) is 7.11 Å². The van der Waals surface area contributed by atoms with Crippen LogP contribution in [0.4, 0.5) is 0 Å². The molecule has 0 saturated carbocycles. The summed E-state index contributed by atoms with van der Waals surface area (Å²) in [5.74, 6) is -0.606. The second-order valence-electron chi connectivity index (χ2n) is 5.58. The van der Waals surface area contributed by atoms with Crippen LogP contribution in [-0.2, 0) is 14.3 Å². The summed E-state index contributed by atoms with van der Waals surface area (Å²) in [4.78, 5) is 39.3. The highest BCUT2D eigenvalue weighted by Gasteiger charge is 2.24. The standard InChI is InChI=1S/C17H21ClN2O4/c1-24-16(22)8-7-15(21)19-9-4-10-20(12-11-19)17(23)13-5-2-3-6-14(13)18/h2-3,5-6H,4,7-12H2,1H3. The fourth-order valence-electron chi connectivity index (χ4n) is 2.64. The summed E-state index contributed by atoms with van der Waals surface area (Å²) in [6, 6.07) is 6.95. The molecule has 1 aliphatic rings. The Kier molecular flexibility index (Phi) is 6.61. The largest absolute Gasteiger partial charge is 0.469 e. The van der Waals surface area contributed by atoms with Crippen LogP contribution in [0.5, 0.6) is 0 Å². The van der Waals surface area contributed by atoms with Crippen LogP contribution in [-0.4, -0.2) is 60.9 Å².